The number of hydrogen-bond donors (Lipinski definition) is 0. The van der Waals surface area contributed by atoms with Crippen molar-refractivity contribution in [3.63, 3.8) is 0 Å². The maximum absolute atomic E-state index is 12.7. The average Bonchev–Trinajstić information content (AvgIpc) is 2.50. The Bertz CT molecular complexity index is 771. The Hall–Kier alpha value is -2.57. The Labute approximate surface area is 143 Å². The Morgan fingerprint density at radius 1 is 1.28 bits per heavy atom. The third kappa shape index (κ3) is 4.29. The molecule has 3 rings (SSSR count). The predicted octanol–water partition coefficient (Wildman–Crippen LogP) is 3.24. The fourth-order valence-electron chi connectivity index (χ4n) is 2.65. The van der Waals surface area contributed by atoms with Crippen LogP contribution in [-0.4, -0.2) is 35.0 Å². The van der Waals surface area contributed by atoms with Gasteiger partial charge in [0.2, 0.25) is 11.8 Å². The van der Waals surface area contributed by atoms with Crippen LogP contribution in [0.4, 0.5) is 13.2 Å². The van der Waals surface area contributed by atoms with Gasteiger partial charge >= 0.3 is 6.18 Å². The molecule has 0 N–H and O–H groups in total. The van der Waals surface area contributed by atoms with E-state index in [0.29, 0.717) is 19.5 Å². The van der Waals surface area contributed by atoms with Gasteiger partial charge in [0.15, 0.2) is 0 Å². The van der Waals surface area contributed by atoms with Gasteiger partial charge in [-0.25, -0.2) is 4.98 Å². The second kappa shape index (κ2) is 6.74. The van der Waals surface area contributed by atoms with Gasteiger partial charge in [0.25, 0.3) is 0 Å². The topological polar surface area (TPSA) is 42.4 Å². The molecule has 25 heavy (non-hydrogen) atoms. The summed E-state index contributed by atoms with van der Waals surface area (Å²) in [5.74, 6) is -0.104. The summed E-state index contributed by atoms with van der Waals surface area (Å²) >= 11 is 0. The molecule has 0 saturated carbocycles. The molecule has 1 aromatic carbocycles. The van der Waals surface area contributed by atoms with Crippen LogP contribution in [0, 0.1) is 6.92 Å². The summed E-state index contributed by atoms with van der Waals surface area (Å²) in [4.78, 5) is 17.6. The second-order valence-corrected chi connectivity index (χ2v) is 6.08. The highest BCUT2D eigenvalue weighted by Gasteiger charge is 2.34. The lowest BCUT2D eigenvalue weighted by Crippen LogP contribution is -2.56. The summed E-state index contributed by atoms with van der Waals surface area (Å²) in [6, 6.07) is 9.48. The molecule has 2 heterocycles. The molecule has 1 amide bonds. The molecule has 1 saturated heterocycles. The van der Waals surface area contributed by atoms with Crippen LogP contribution in [0.3, 0.4) is 0 Å². The first-order valence-corrected chi connectivity index (χ1v) is 7.84. The van der Waals surface area contributed by atoms with Crippen molar-refractivity contribution in [3.8, 4) is 5.88 Å². The highest BCUT2D eigenvalue weighted by Crippen LogP contribution is 2.31. The number of halogens is 3. The summed E-state index contributed by atoms with van der Waals surface area (Å²) in [5.41, 5.74) is 1.23. The van der Waals surface area contributed by atoms with E-state index in [-0.39, 0.29) is 17.9 Å². The molecule has 1 aromatic heterocycles. The number of pyridine rings is 1. The third-order valence-corrected chi connectivity index (χ3v) is 3.99. The van der Waals surface area contributed by atoms with E-state index in [9.17, 15) is 18.0 Å². The molecule has 7 heteroatoms. The summed E-state index contributed by atoms with van der Waals surface area (Å²) < 4.78 is 43.4. The van der Waals surface area contributed by atoms with Gasteiger partial charge in [-0.15, -0.1) is 0 Å². The minimum atomic E-state index is -4.43. The monoisotopic (exact) mass is 350 g/mol. The number of aromatic nitrogens is 1. The quantitative estimate of drug-likeness (QED) is 0.850. The first-order valence-electron chi connectivity index (χ1n) is 7.84. The lowest BCUT2D eigenvalue weighted by molar-refractivity contribution is -0.139. The molecule has 132 valence electrons. The largest absolute Gasteiger partial charge is 0.471 e. The fourth-order valence-corrected chi connectivity index (χ4v) is 2.65. The molecule has 0 spiro atoms. The van der Waals surface area contributed by atoms with Gasteiger partial charge in [-0.2, -0.15) is 13.2 Å². The predicted molar refractivity (Wildman–Crippen MR) is 85.1 cm³/mol. The molecule has 4 nitrogen and oxygen atoms in total. The highest BCUT2D eigenvalue weighted by molar-refractivity contribution is 5.79. The van der Waals surface area contributed by atoms with Crippen LogP contribution in [0.25, 0.3) is 0 Å². The van der Waals surface area contributed by atoms with Crippen LogP contribution in [0.2, 0.25) is 0 Å². The first-order chi connectivity index (χ1) is 11.8. The molecule has 0 unspecified atom stereocenters. The van der Waals surface area contributed by atoms with Crippen LogP contribution in [-0.2, 0) is 17.4 Å². The number of amides is 1. The zero-order valence-electron chi connectivity index (χ0n) is 13.6. The van der Waals surface area contributed by atoms with Gasteiger partial charge in [-0.3, -0.25) is 4.79 Å². The molecular formula is C18H17F3N2O2. The highest BCUT2D eigenvalue weighted by atomic mass is 19.4. The van der Waals surface area contributed by atoms with Crippen molar-refractivity contribution in [1.82, 2.24) is 9.88 Å². The van der Waals surface area contributed by atoms with E-state index in [2.05, 4.69) is 4.98 Å². The lowest BCUT2D eigenvalue weighted by atomic mass is 10.1. The van der Waals surface area contributed by atoms with Gasteiger partial charge in [-0.05, 0) is 18.6 Å². The van der Waals surface area contributed by atoms with E-state index in [0.717, 1.165) is 29.5 Å². The van der Waals surface area contributed by atoms with Gasteiger partial charge in [-0.1, -0.05) is 29.8 Å². The normalized spacial score (nSPS) is 15.0. The van der Waals surface area contributed by atoms with Crippen LogP contribution in [0.5, 0.6) is 5.88 Å². The van der Waals surface area contributed by atoms with Crippen LogP contribution >= 0.6 is 0 Å². The molecule has 1 aliphatic rings. The standard InChI is InChI=1S/C18H17F3N2O2/c1-12-3-2-4-13(7-12)8-17(24)23-10-15(11-23)25-16-9-14(5-6-22-16)18(19,20)21/h2-7,9,15H,8,10-11H2,1H3. The van der Waals surface area contributed by atoms with E-state index in [1.165, 1.54) is 0 Å². The molecule has 0 atom stereocenters. The molecule has 0 aliphatic carbocycles. The molecule has 2 aromatic rings. The Balaban J connectivity index is 1.52. The zero-order valence-corrected chi connectivity index (χ0v) is 13.6. The van der Waals surface area contributed by atoms with Crippen molar-refractivity contribution in [3.05, 3.63) is 59.3 Å². The van der Waals surface area contributed by atoms with Crippen LogP contribution < -0.4 is 4.74 Å². The van der Waals surface area contributed by atoms with Gasteiger partial charge in [0.05, 0.1) is 25.1 Å². The van der Waals surface area contributed by atoms with Gasteiger partial charge in [0, 0.05) is 12.3 Å². The Kier molecular flexibility index (Phi) is 4.65. The van der Waals surface area contributed by atoms with Crippen LogP contribution in [0.15, 0.2) is 42.6 Å². The molecule has 0 radical (unpaired) electrons. The molecule has 0 bridgehead atoms. The Morgan fingerprint density at radius 2 is 2.04 bits per heavy atom. The van der Waals surface area contributed by atoms with E-state index in [4.69, 9.17) is 4.74 Å². The van der Waals surface area contributed by atoms with Crippen molar-refractivity contribution < 1.29 is 22.7 Å². The van der Waals surface area contributed by atoms with Crippen LogP contribution in [0.1, 0.15) is 16.7 Å². The summed E-state index contributed by atoms with van der Waals surface area (Å²) in [6.45, 7) is 2.66. The molecule has 1 fully saturated rings. The first kappa shape index (κ1) is 17.3. The van der Waals surface area contributed by atoms with Crippen molar-refractivity contribution in [1.29, 1.82) is 0 Å². The SMILES string of the molecule is Cc1cccc(CC(=O)N2CC(Oc3cc(C(F)(F)F)ccn3)C2)c1. The van der Waals surface area contributed by atoms with E-state index in [1.807, 2.05) is 31.2 Å². The second-order valence-electron chi connectivity index (χ2n) is 6.08. The number of benzene rings is 1. The number of carbonyl (C=O) groups is 1. The third-order valence-electron chi connectivity index (χ3n) is 3.99. The summed E-state index contributed by atoms with van der Waals surface area (Å²) in [7, 11) is 0. The number of ether oxygens (including phenoxy) is 1. The van der Waals surface area contributed by atoms with Gasteiger partial charge < -0.3 is 9.64 Å². The smallest absolute Gasteiger partial charge is 0.416 e. The number of aryl methyl sites for hydroxylation is 1. The summed E-state index contributed by atoms with van der Waals surface area (Å²) in [5, 5.41) is 0. The van der Waals surface area contributed by atoms with E-state index < -0.39 is 11.7 Å². The van der Waals surface area contributed by atoms with E-state index in [1.54, 1.807) is 4.90 Å². The summed E-state index contributed by atoms with van der Waals surface area (Å²) in [6.07, 6.45) is -3.40. The Morgan fingerprint density at radius 3 is 2.72 bits per heavy atom. The fraction of sp³-hybridized carbons (Fsp3) is 0.333. The van der Waals surface area contributed by atoms with Crippen molar-refractivity contribution in [2.45, 2.75) is 25.6 Å². The number of nitrogens with zero attached hydrogens (tertiary/aromatic N) is 2. The number of rotatable bonds is 4. The number of alkyl halides is 3. The minimum absolute atomic E-state index is 0.0255. The van der Waals surface area contributed by atoms with Crippen molar-refractivity contribution in [2.75, 3.05) is 13.1 Å². The lowest BCUT2D eigenvalue weighted by Gasteiger charge is -2.38. The minimum Gasteiger partial charge on any atom is -0.471 e. The number of carbonyl (C=O) groups excluding carboxylic acids is 1. The number of hydrogen-bond acceptors (Lipinski definition) is 3. The van der Waals surface area contributed by atoms with Crippen molar-refractivity contribution in [2.24, 2.45) is 0 Å². The molecular weight excluding hydrogens is 333 g/mol. The zero-order chi connectivity index (χ0) is 18.0. The maximum Gasteiger partial charge on any atom is 0.416 e. The number of likely N-dealkylation sites (tertiary alicyclic amines) is 1. The van der Waals surface area contributed by atoms with E-state index >= 15 is 0 Å². The van der Waals surface area contributed by atoms with Gasteiger partial charge in [0.1, 0.15) is 6.10 Å². The van der Waals surface area contributed by atoms with Crippen molar-refractivity contribution >= 4 is 5.91 Å². The molecule has 1 aliphatic heterocycles. The average molecular weight is 350 g/mol. The maximum atomic E-state index is 12.7.